The van der Waals surface area contributed by atoms with Crippen LogP contribution in [0.1, 0.15) is 54.9 Å². The minimum atomic E-state index is -0.637. The summed E-state index contributed by atoms with van der Waals surface area (Å²) >= 11 is 1.54. The first-order valence-electron chi connectivity index (χ1n) is 9.65. The summed E-state index contributed by atoms with van der Waals surface area (Å²) in [5, 5.41) is 8.83. The van der Waals surface area contributed by atoms with Gasteiger partial charge in [0, 0.05) is 23.8 Å². The molecule has 8 heteroatoms. The first-order valence-corrected chi connectivity index (χ1v) is 10.5. The van der Waals surface area contributed by atoms with Crippen LogP contribution in [0.3, 0.4) is 0 Å². The Morgan fingerprint density at radius 1 is 1.48 bits per heavy atom. The molecule has 1 aromatic carbocycles. The van der Waals surface area contributed by atoms with E-state index in [2.05, 4.69) is 15.6 Å². The molecule has 1 fully saturated rings. The molecule has 3 rings (SSSR count). The summed E-state index contributed by atoms with van der Waals surface area (Å²) in [6.07, 6.45) is 1.93. The average molecular weight is 420 g/mol. The van der Waals surface area contributed by atoms with Gasteiger partial charge in [-0.1, -0.05) is 0 Å². The number of nitrogens with zero attached hydrogens (tertiary/aromatic N) is 1. The Kier molecular flexibility index (Phi) is 6.52. The predicted molar refractivity (Wildman–Crippen MR) is 109 cm³/mol. The molecule has 2 atom stereocenters. The summed E-state index contributed by atoms with van der Waals surface area (Å²) in [6, 6.07) is 4.39. The zero-order chi connectivity index (χ0) is 21.0. The third-order valence-corrected chi connectivity index (χ3v) is 6.10. The summed E-state index contributed by atoms with van der Waals surface area (Å²) in [7, 11) is 1.53. The van der Waals surface area contributed by atoms with Crippen LogP contribution in [-0.4, -0.2) is 29.4 Å². The van der Waals surface area contributed by atoms with Crippen LogP contribution in [-0.2, 0) is 16.0 Å². The van der Waals surface area contributed by atoms with E-state index in [1.165, 1.54) is 13.2 Å². The van der Waals surface area contributed by atoms with Crippen molar-refractivity contribution in [1.82, 2.24) is 15.6 Å². The van der Waals surface area contributed by atoms with Gasteiger partial charge in [-0.2, -0.15) is 0 Å². The Hall–Kier alpha value is -2.48. The van der Waals surface area contributed by atoms with Crippen molar-refractivity contribution in [2.45, 2.75) is 57.5 Å². The van der Waals surface area contributed by atoms with Crippen molar-refractivity contribution in [3.8, 4) is 5.75 Å². The summed E-state index contributed by atoms with van der Waals surface area (Å²) in [5.74, 6) is 0.0316. The Morgan fingerprint density at radius 3 is 2.90 bits per heavy atom. The monoisotopic (exact) mass is 419 g/mol. The molecule has 2 heterocycles. The zero-order valence-electron chi connectivity index (χ0n) is 16.9. The fraction of sp³-hybridized carbons (Fsp3) is 0.476. The van der Waals surface area contributed by atoms with Crippen molar-refractivity contribution in [2.75, 3.05) is 7.11 Å². The quantitative estimate of drug-likeness (QED) is 0.687. The maximum absolute atomic E-state index is 14.3. The van der Waals surface area contributed by atoms with Gasteiger partial charge in [0.25, 0.3) is 0 Å². The number of aryl methyl sites for hydroxylation is 1. The number of carbonyl (C=O) groups excluding carboxylic acids is 2. The van der Waals surface area contributed by atoms with Crippen LogP contribution in [0.5, 0.6) is 5.75 Å². The number of halogens is 1. The fourth-order valence-electron chi connectivity index (χ4n) is 3.68. The maximum Gasteiger partial charge on any atom is 0.220 e. The van der Waals surface area contributed by atoms with Gasteiger partial charge < -0.3 is 15.4 Å². The second-order valence-corrected chi connectivity index (χ2v) is 8.61. The number of nitrogens with one attached hydrogen (secondary N) is 2. The van der Waals surface area contributed by atoms with Crippen molar-refractivity contribution >= 4 is 23.2 Å². The van der Waals surface area contributed by atoms with E-state index < -0.39 is 5.54 Å². The molecule has 0 spiro atoms. The van der Waals surface area contributed by atoms with Gasteiger partial charge in [0.1, 0.15) is 11.6 Å². The summed E-state index contributed by atoms with van der Waals surface area (Å²) in [5.41, 5.74) is 0.670. The van der Waals surface area contributed by atoms with E-state index in [0.717, 1.165) is 10.7 Å². The number of carbonyl (C=O) groups is 2. The summed E-state index contributed by atoms with van der Waals surface area (Å²) in [6.45, 7) is 3.82. The standard InChI is InChI=1S/C21H26FN3O3S/c1-13(18-12-29-14(2)24-18)23-19(26)6-8-21(9-7-20(27)25-21)11-15-10-16(28-3)4-5-17(15)22/h4-5,10,12-13H,6-9,11H2,1-3H3,(H,23,26)(H,25,27)/t13-,21+/m1/s1. The van der Waals surface area contributed by atoms with Crippen molar-refractivity contribution in [2.24, 2.45) is 0 Å². The van der Waals surface area contributed by atoms with Crippen molar-refractivity contribution in [1.29, 1.82) is 0 Å². The van der Waals surface area contributed by atoms with Gasteiger partial charge in [0.2, 0.25) is 11.8 Å². The topological polar surface area (TPSA) is 80.3 Å². The van der Waals surface area contributed by atoms with E-state index in [1.807, 2.05) is 19.2 Å². The van der Waals surface area contributed by atoms with E-state index in [-0.39, 0.29) is 30.1 Å². The highest BCUT2D eigenvalue weighted by atomic mass is 32.1. The number of benzene rings is 1. The van der Waals surface area contributed by atoms with Gasteiger partial charge in [-0.25, -0.2) is 9.37 Å². The highest BCUT2D eigenvalue weighted by molar-refractivity contribution is 7.09. The van der Waals surface area contributed by atoms with Crippen LogP contribution in [0.15, 0.2) is 23.6 Å². The third kappa shape index (κ3) is 5.32. The molecule has 29 heavy (non-hydrogen) atoms. The lowest BCUT2D eigenvalue weighted by Crippen LogP contribution is -2.45. The normalized spacial score (nSPS) is 19.7. The third-order valence-electron chi connectivity index (χ3n) is 5.31. The number of thiazole rings is 1. The maximum atomic E-state index is 14.3. The summed E-state index contributed by atoms with van der Waals surface area (Å²) in [4.78, 5) is 28.8. The van der Waals surface area contributed by atoms with E-state index in [4.69, 9.17) is 4.74 Å². The fourth-order valence-corrected chi connectivity index (χ4v) is 4.39. The number of amides is 2. The molecular weight excluding hydrogens is 393 g/mol. The van der Waals surface area contributed by atoms with E-state index >= 15 is 0 Å². The van der Waals surface area contributed by atoms with Gasteiger partial charge in [-0.15, -0.1) is 11.3 Å². The van der Waals surface area contributed by atoms with Gasteiger partial charge in [0.15, 0.2) is 0 Å². The van der Waals surface area contributed by atoms with E-state index in [0.29, 0.717) is 37.0 Å². The lowest BCUT2D eigenvalue weighted by atomic mass is 9.84. The predicted octanol–water partition coefficient (Wildman–Crippen LogP) is 3.45. The second-order valence-electron chi connectivity index (χ2n) is 7.54. The van der Waals surface area contributed by atoms with Crippen LogP contribution in [0.4, 0.5) is 4.39 Å². The average Bonchev–Trinajstić information content (AvgIpc) is 3.28. The second kappa shape index (κ2) is 8.90. The molecule has 1 saturated heterocycles. The number of ether oxygens (including phenoxy) is 1. The van der Waals surface area contributed by atoms with Crippen LogP contribution >= 0.6 is 11.3 Å². The number of hydrogen-bond donors (Lipinski definition) is 2. The molecule has 0 bridgehead atoms. The van der Waals surface area contributed by atoms with E-state index in [1.54, 1.807) is 23.5 Å². The molecule has 0 unspecified atom stereocenters. The van der Waals surface area contributed by atoms with Gasteiger partial charge in [-0.3, -0.25) is 9.59 Å². The number of rotatable bonds is 8. The molecule has 0 radical (unpaired) electrons. The smallest absolute Gasteiger partial charge is 0.220 e. The molecule has 2 aromatic rings. The van der Waals surface area contributed by atoms with Crippen molar-refractivity contribution < 1.29 is 18.7 Å². The van der Waals surface area contributed by atoms with Crippen molar-refractivity contribution in [3.05, 3.63) is 45.7 Å². The molecule has 1 aliphatic rings. The Morgan fingerprint density at radius 2 is 2.28 bits per heavy atom. The van der Waals surface area contributed by atoms with Gasteiger partial charge >= 0.3 is 0 Å². The Labute approximate surface area is 173 Å². The zero-order valence-corrected chi connectivity index (χ0v) is 17.7. The minimum absolute atomic E-state index is 0.0694. The molecule has 2 N–H and O–H groups in total. The lowest BCUT2D eigenvalue weighted by molar-refractivity contribution is -0.123. The van der Waals surface area contributed by atoms with Crippen LogP contribution in [0.25, 0.3) is 0 Å². The van der Waals surface area contributed by atoms with Crippen LogP contribution in [0, 0.1) is 12.7 Å². The van der Waals surface area contributed by atoms with Gasteiger partial charge in [0.05, 0.1) is 23.9 Å². The largest absolute Gasteiger partial charge is 0.497 e. The molecular formula is C21H26FN3O3S. The van der Waals surface area contributed by atoms with E-state index in [9.17, 15) is 14.0 Å². The molecule has 0 aliphatic carbocycles. The van der Waals surface area contributed by atoms with Crippen LogP contribution in [0.2, 0.25) is 0 Å². The van der Waals surface area contributed by atoms with Crippen LogP contribution < -0.4 is 15.4 Å². The van der Waals surface area contributed by atoms with Gasteiger partial charge in [-0.05, 0) is 56.9 Å². The Bertz CT molecular complexity index is 901. The highest BCUT2D eigenvalue weighted by Crippen LogP contribution is 2.31. The number of aromatic nitrogens is 1. The Balaban J connectivity index is 1.66. The SMILES string of the molecule is COc1ccc(F)c(C[C@]2(CCC(=O)N[C@H](C)c3csc(C)n3)CCC(=O)N2)c1. The molecule has 6 nitrogen and oxygen atoms in total. The number of hydrogen-bond acceptors (Lipinski definition) is 5. The lowest BCUT2D eigenvalue weighted by Gasteiger charge is -2.30. The molecule has 156 valence electrons. The number of methoxy groups -OCH3 is 1. The minimum Gasteiger partial charge on any atom is -0.497 e. The highest BCUT2D eigenvalue weighted by Gasteiger charge is 2.38. The summed E-state index contributed by atoms with van der Waals surface area (Å²) < 4.78 is 19.5. The van der Waals surface area contributed by atoms with Crippen molar-refractivity contribution in [3.63, 3.8) is 0 Å². The molecule has 0 saturated carbocycles. The first-order chi connectivity index (χ1) is 13.8. The molecule has 1 aromatic heterocycles. The molecule has 1 aliphatic heterocycles. The molecule has 2 amide bonds. The first kappa shape index (κ1) is 21.2.